The van der Waals surface area contributed by atoms with Crippen molar-refractivity contribution in [1.82, 2.24) is 4.90 Å². The summed E-state index contributed by atoms with van der Waals surface area (Å²) in [5, 5.41) is 9.23. The molecule has 3 rings (SSSR count). The monoisotopic (exact) mass is 324 g/mol. The molecule has 4 heteroatoms. The average Bonchev–Trinajstić information content (AvgIpc) is 2.94. The predicted molar refractivity (Wildman–Crippen MR) is 91.0 cm³/mol. The molecule has 0 radical (unpaired) electrons. The molecule has 1 heterocycles. The maximum atomic E-state index is 13.3. The molecule has 0 fully saturated rings. The summed E-state index contributed by atoms with van der Waals surface area (Å²) in [4.78, 5) is 2.15. The van der Waals surface area contributed by atoms with Gasteiger partial charge >= 0.3 is 0 Å². The highest BCUT2D eigenvalue weighted by molar-refractivity contribution is 5.46. The fourth-order valence-corrected chi connectivity index (χ4v) is 3.47. The van der Waals surface area contributed by atoms with Crippen molar-refractivity contribution < 1.29 is 9.13 Å². The summed E-state index contributed by atoms with van der Waals surface area (Å²) >= 11 is 0. The second-order valence-electron chi connectivity index (χ2n) is 6.38. The van der Waals surface area contributed by atoms with E-state index in [2.05, 4.69) is 17.9 Å². The van der Waals surface area contributed by atoms with Gasteiger partial charge in [0.1, 0.15) is 11.9 Å². The fraction of sp³-hybridized carbons (Fsp3) is 0.350. The number of halogens is 1. The fourth-order valence-electron chi connectivity index (χ4n) is 3.47. The quantitative estimate of drug-likeness (QED) is 0.846. The van der Waals surface area contributed by atoms with Crippen molar-refractivity contribution >= 4 is 0 Å². The molecule has 1 aliphatic heterocycles. The topological polar surface area (TPSA) is 36.3 Å². The summed E-state index contributed by atoms with van der Waals surface area (Å²) < 4.78 is 19.6. The van der Waals surface area contributed by atoms with Gasteiger partial charge in [0, 0.05) is 6.04 Å². The largest absolute Gasteiger partial charge is 0.359 e. The molecule has 0 saturated heterocycles. The molecule has 0 amide bonds. The molecule has 0 N–H and O–H groups in total. The third kappa shape index (κ3) is 2.93. The Hall–Kier alpha value is -2.22. The third-order valence-electron chi connectivity index (χ3n) is 4.69. The highest BCUT2D eigenvalue weighted by Gasteiger charge is 2.37. The van der Waals surface area contributed by atoms with Crippen LogP contribution in [0, 0.1) is 17.1 Å². The van der Waals surface area contributed by atoms with E-state index < -0.39 is 0 Å². The lowest BCUT2D eigenvalue weighted by atomic mass is 9.93. The summed E-state index contributed by atoms with van der Waals surface area (Å²) in [6.45, 7) is 2.13. The van der Waals surface area contributed by atoms with Crippen LogP contribution >= 0.6 is 0 Å². The lowest BCUT2D eigenvalue weighted by Crippen LogP contribution is -2.33. The first-order valence-electron chi connectivity index (χ1n) is 8.16. The lowest BCUT2D eigenvalue weighted by molar-refractivity contribution is -0.0162. The minimum atomic E-state index is -0.256. The maximum absolute atomic E-state index is 13.3. The van der Waals surface area contributed by atoms with Gasteiger partial charge in [-0.2, -0.15) is 5.26 Å². The van der Waals surface area contributed by atoms with Gasteiger partial charge in [-0.15, -0.1) is 0 Å². The van der Waals surface area contributed by atoms with Gasteiger partial charge in [0.05, 0.1) is 17.7 Å². The number of hydrogen-bond acceptors (Lipinski definition) is 3. The molecule has 2 aromatic carbocycles. The van der Waals surface area contributed by atoms with E-state index in [1.165, 1.54) is 12.1 Å². The first-order valence-corrected chi connectivity index (χ1v) is 8.16. The number of fused-ring (bicyclic) bond motifs is 1. The Morgan fingerprint density at radius 2 is 1.88 bits per heavy atom. The van der Waals surface area contributed by atoms with Gasteiger partial charge in [-0.25, -0.2) is 4.39 Å². The summed E-state index contributed by atoms with van der Waals surface area (Å²) in [5.74, 6) is -0.256. The molecule has 3 nitrogen and oxygen atoms in total. The van der Waals surface area contributed by atoms with Crippen molar-refractivity contribution in [2.24, 2.45) is 0 Å². The molecule has 2 aromatic rings. The van der Waals surface area contributed by atoms with Crippen LogP contribution < -0.4 is 0 Å². The molecule has 3 unspecified atom stereocenters. The van der Waals surface area contributed by atoms with E-state index >= 15 is 0 Å². The molecular formula is C20H21FN2O. The Bertz CT molecular complexity index is 764. The summed E-state index contributed by atoms with van der Waals surface area (Å²) in [5.41, 5.74) is 3.68. The average molecular weight is 324 g/mol. The van der Waals surface area contributed by atoms with E-state index in [4.69, 9.17) is 4.74 Å². The summed E-state index contributed by atoms with van der Waals surface area (Å²) in [6, 6.07) is 14.6. The number of hydrogen-bond donors (Lipinski definition) is 0. The molecule has 0 saturated carbocycles. The van der Waals surface area contributed by atoms with Crippen LogP contribution in [0.2, 0.25) is 0 Å². The highest BCUT2D eigenvalue weighted by atomic mass is 19.1. The molecule has 3 atom stereocenters. The normalized spacial score (nSPS) is 20.7. The first-order chi connectivity index (χ1) is 11.5. The van der Waals surface area contributed by atoms with E-state index in [9.17, 15) is 9.65 Å². The number of nitrogens with zero attached hydrogens (tertiary/aromatic N) is 2. The number of benzene rings is 2. The minimum absolute atomic E-state index is 0.108. The summed E-state index contributed by atoms with van der Waals surface area (Å²) in [7, 11) is 4.08. The van der Waals surface area contributed by atoms with Crippen molar-refractivity contribution in [3.63, 3.8) is 0 Å². The van der Waals surface area contributed by atoms with E-state index in [1.807, 2.05) is 32.3 Å². The van der Waals surface area contributed by atoms with Gasteiger partial charge in [0.2, 0.25) is 0 Å². The van der Waals surface area contributed by atoms with Gasteiger partial charge in [-0.3, -0.25) is 0 Å². The Labute approximate surface area is 142 Å². The molecule has 0 aromatic heterocycles. The molecule has 124 valence electrons. The second-order valence-corrected chi connectivity index (χ2v) is 6.38. The molecule has 0 spiro atoms. The SMILES string of the molecule is CCC(C1OC(c2ccc(F)cc2)c2ccc(C#N)cc21)N(C)C. The van der Waals surface area contributed by atoms with E-state index in [0.29, 0.717) is 5.56 Å². The highest BCUT2D eigenvalue weighted by Crippen LogP contribution is 2.45. The standard InChI is InChI=1S/C20H21FN2O/c1-4-18(23(2)3)20-17-11-13(12-22)5-10-16(17)19(24-20)14-6-8-15(21)9-7-14/h5-11,18-20H,4H2,1-3H3. The minimum Gasteiger partial charge on any atom is -0.359 e. The number of rotatable bonds is 4. The summed E-state index contributed by atoms with van der Waals surface area (Å²) in [6.07, 6.45) is 0.597. The van der Waals surface area contributed by atoms with Gasteiger partial charge in [-0.05, 0) is 61.5 Å². The van der Waals surface area contributed by atoms with Crippen LogP contribution in [-0.4, -0.2) is 25.0 Å². The Morgan fingerprint density at radius 3 is 2.46 bits per heavy atom. The molecule has 0 aliphatic carbocycles. The van der Waals surface area contributed by atoms with Gasteiger partial charge in [0.25, 0.3) is 0 Å². The van der Waals surface area contributed by atoms with Crippen LogP contribution in [-0.2, 0) is 4.74 Å². The zero-order chi connectivity index (χ0) is 17.3. The molecule has 1 aliphatic rings. The zero-order valence-corrected chi connectivity index (χ0v) is 14.2. The van der Waals surface area contributed by atoms with Crippen LogP contribution in [0.3, 0.4) is 0 Å². The molecular weight excluding hydrogens is 303 g/mol. The maximum Gasteiger partial charge on any atom is 0.123 e. The number of likely N-dealkylation sites (N-methyl/N-ethyl adjacent to an activating group) is 1. The van der Waals surface area contributed by atoms with Gasteiger partial charge in [0.15, 0.2) is 0 Å². The zero-order valence-electron chi connectivity index (χ0n) is 14.2. The van der Waals surface area contributed by atoms with Crippen molar-refractivity contribution in [3.8, 4) is 6.07 Å². The van der Waals surface area contributed by atoms with Crippen molar-refractivity contribution in [2.45, 2.75) is 31.6 Å². The first kappa shape index (κ1) is 16.6. The van der Waals surface area contributed by atoms with Crippen molar-refractivity contribution in [3.05, 3.63) is 70.5 Å². The number of ether oxygens (including phenoxy) is 1. The number of nitriles is 1. The van der Waals surface area contributed by atoms with Crippen LogP contribution in [0.4, 0.5) is 4.39 Å². The van der Waals surface area contributed by atoms with E-state index in [0.717, 1.165) is 23.1 Å². The van der Waals surface area contributed by atoms with Crippen LogP contribution in [0.15, 0.2) is 42.5 Å². The second kappa shape index (κ2) is 6.72. The Kier molecular flexibility index (Phi) is 4.66. The smallest absolute Gasteiger partial charge is 0.123 e. The Balaban J connectivity index is 2.07. The van der Waals surface area contributed by atoms with E-state index in [1.54, 1.807) is 12.1 Å². The van der Waals surface area contributed by atoms with Gasteiger partial charge in [-0.1, -0.05) is 25.1 Å². The Morgan fingerprint density at radius 1 is 1.17 bits per heavy atom. The predicted octanol–water partition coefficient (Wildman–Crippen LogP) is 4.20. The van der Waals surface area contributed by atoms with Crippen LogP contribution in [0.1, 0.15) is 47.8 Å². The molecule has 24 heavy (non-hydrogen) atoms. The van der Waals surface area contributed by atoms with Crippen molar-refractivity contribution in [1.29, 1.82) is 5.26 Å². The van der Waals surface area contributed by atoms with Crippen LogP contribution in [0.5, 0.6) is 0 Å². The molecule has 0 bridgehead atoms. The van der Waals surface area contributed by atoms with Gasteiger partial charge < -0.3 is 9.64 Å². The van der Waals surface area contributed by atoms with Crippen molar-refractivity contribution in [2.75, 3.05) is 14.1 Å². The third-order valence-corrected chi connectivity index (χ3v) is 4.69. The lowest BCUT2D eigenvalue weighted by Gasteiger charge is -2.29. The van der Waals surface area contributed by atoms with E-state index in [-0.39, 0.29) is 24.1 Å². The van der Waals surface area contributed by atoms with Crippen LogP contribution in [0.25, 0.3) is 0 Å².